The average Bonchev–Trinajstić information content (AvgIpc) is 3.09. The van der Waals surface area contributed by atoms with Crippen molar-refractivity contribution in [3.8, 4) is 0 Å². The summed E-state index contributed by atoms with van der Waals surface area (Å²) in [6.07, 6.45) is 37.8. The summed E-state index contributed by atoms with van der Waals surface area (Å²) in [6, 6.07) is 0. The molecule has 0 heterocycles. The number of unbranched alkanes of at least 4 members (excludes halogenated alkanes) is 23. The van der Waals surface area contributed by atoms with Gasteiger partial charge >= 0.3 is 0 Å². The molecule has 0 saturated carbocycles. The van der Waals surface area contributed by atoms with Crippen LogP contribution in [0.4, 0.5) is 0 Å². The van der Waals surface area contributed by atoms with E-state index >= 15 is 0 Å². The zero-order valence-corrected chi connectivity index (χ0v) is 37.3. The molecule has 0 aliphatic carbocycles. The Kier molecular flexibility index (Phi) is 41.9. The standard InChI is InChI=1S/C40H80N2S6/c1-5-9-13-17-21-27-33-41(34-28-22-18-14-10-6-2)39(43)47-45-37-31-25-26-32-38-46-48-40(44)42(35-29-23-19-15-11-7-3)36-30-24-20-16-12-8-4/h5-38H2,1-4H3. The Hall–Kier alpha value is 1.18. The van der Waals surface area contributed by atoms with E-state index in [-0.39, 0.29) is 0 Å². The third-order valence-electron chi connectivity index (χ3n) is 9.11. The Bertz CT molecular complexity index is 592. The molecule has 0 aliphatic heterocycles. The molecular formula is C40H80N2S6. The van der Waals surface area contributed by atoms with Crippen LogP contribution in [-0.4, -0.2) is 56.1 Å². The van der Waals surface area contributed by atoms with Gasteiger partial charge in [-0.15, -0.1) is 0 Å². The molecule has 0 saturated heterocycles. The van der Waals surface area contributed by atoms with E-state index in [9.17, 15) is 0 Å². The van der Waals surface area contributed by atoms with Gasteiger partial charge in [0, 0.05) is 37.7 Å². The molecule has 0 fully saturated rings. The summed E-state index contributed by atoms with van der Waals surface area (Å²) >= 11 is 11.9. The summed E-state index contributed by atoms with van der Waals surface area (Å²) in [5.74, 6) is 2.43. The fraction of sp³-hybridized carbons (Fsp3) is 0.950. The van der Waals surface area contributed by atoms with Gasteiger partial charge in [0.1, 0.15) is 8.64 Å². The molecule has 0 aromatic heterocycles. The van der Waals surface area contributed by atoms with Crippen LogP contribution < -0.4 is 0 Å². The molecule has 0 bridgehead atoms. The number of hydrogen-bond acceptors (Lipinski definition) is 6. The minimum atomic E-state index is 1.13. The first-order chi connectivity index (χ1) is 23.6. The van der Waals surface area contributed by atoms with Gasteiger partial charge < -0.3 is 9.80 Å². The topological polar surface area (TPSA) is 6.48 Å². The highest BCUT2D eigenvalue weighted by atomic mass is 33.1. The maximum atomic E-state index is 5.94. The zero-order valence-electron chi connectivity index (χ0n) is 32.4. The molecule has 0 unspecified atom stereocenters. The van der Waals surface area contributed by atoms with Crippen molar-refractivity contribution in [2.24, 2.45) is 0 Å². The van der Waals surface area contributed by atoms with Crippen molar-refractivity contribution in [2.45, 2.75) is 207 Å². The summed E-state index contributed by atoms with van der Waals surface area (Å²) in [6.45, 7) is 13.8. The quantitative estimate of drug-likeness (QED) is 0.0345. The highest BCUT2D eigenvalue weighted by molar-refractivity contribution is 8.84. The second-order valence-electron chi connectivity index (χ2n) is 13.8. The average molecular weight is 781 g/mol. The first-order valence-corrected chi connectivity index (χ1v) is 26.2. The monoisotopic (exact) mass is 780 g/mol. The highest BCUT2D eigenvalue weighted by Crippen LogP contribution is 2.29. The minimum absolute atomic E-state index is 1.13. The van der Waals surface area contributed by atoms with Gasteiger partial charge in [0.2, 0.25) is 0 Å². The van der Waals surface area contributed by atoms with Crippen molar-refractivity contribution < 1.29 is 0 Å². The van der Waals surface area contributed by atoms with E-state index in [2.05, 4.69) is 37.5 Å². The van der Waals surface area contributed by atoms with Gasteiger partial charge in [-0.1, -0.05) is 215 Å². The third-order valence-corrected chi connectivity index (χ3v) is 15.4. The van der Waals surface area contributed by atoms with Crippen molar-refractivity contribution in [1.82, 2.24) is 9.80 Å². The molecule has 0 aliphatic rings. The van der Waals surface area contributed by atoms with Gasteiger partial charge in [-0.2, -0.15) is 0 Å². The number of hydrogen-bond donors (Lipinski definition) is 0. The fourth-order valence-corrected chi connectivity index (χ4v) is 11.1. The van der Waals surface area contributed by atoms with E-state index < -0.39 is 0 Å². The van der Waals surface area contributed by atoms with Crippen LogP contribution in [0, 0.1) is 0 Å². The van der Waals surface area contributed by atoms with E-state index in [0.29, 0.717) is 0 Å². The Labute approximate surface area is 329 Å². The molecule has 2 nitrogen and oxygen atoms in total. The Morgan fingerprint density at radius 1 is 0.333 bits per heavy atom. The number of nitrogens with zero attached hydrogens (tertiary/aromatic N) is 2. The normalized spacial score (nSPS) is 11.3. The van der Waals surface area contributed by atoms with Crippen LogP contribution in [0.3, 0.4) is 0 Å². The zero-order chi connectivity index (χ0) is 35.2. The van der Waals surface area contributed by atoms with Crippen molar-refractivity contribution in [2.75, 3.05) is 37.7 Å². The first kappa shape index (κ1) is 49.2. The van der Waals surface area contributed by atoms with Gasteiger partial charge in [0.05, 0.1) is 0 Å². The van der Waals surface area contributed by atoms with Crippen LogP contribution in [0.2, 0.25) is 0 Å². The number of thiocarbonyl (C=S) groups is 2. The summed E-state index contributed by atoms with van der Waals surface area (Å²) in [4.78, 5) is 5.07. The maximum absolute atomic E-state index is 5.94. The molecule has 0 rings (SSSR count). The van der Waals surface area contributed by atoms with Crippen molar-refractivity contribution in [1.29, 1.82) is 0 Å². The molecule has 0 aromatic carbocycles. The van der Waals surface area contributed by atoms with Crippen LogP contribution >= 0.6 is 67.6 Å². The molecule has 48 heavy (non-hydrogen) atoms. The Balaban J connectivity index is 4.19. The molecule has 8 heteroatoms. The molecule has 0 atom stereocenters. The second-order valence-corrected chi connectivity index (χ2v) is 19.9. The van der Waals surface area contributed by atoms with Crippen molar-refractivity contribution >= 4 is 76.3 Å². The lowest BCUT2D eigenvalue weighted by Crippen LogP contribution is -2.29. The molecule has 286 valence electrons. The SMILES string of the molecule is CCCCCCCCN(CCCCCCCC)C(=S)SSCCCCCCSSC(=S)N(CCCCCCCC)CCCCCCCC. The molecule has 0 aromatic rings. The third kappa shape index (κ3) is 34.3. The smallest absolute Gasteiger partial charge is 0.147 e. The van der Waals surface area contributed by atoms with Crippen molar-refractivity contribution in [3.05, 3.63) is 0 Å². The maximum Gasteiger partial charge on any atom is 0.147 e. The van der Waals surface area contributed by atoms with E-state index in [0.717, 1.165) is 34.8 Å². The van der Waals surface area contributed by atoms with Gasteiger partial charge in [0.25, 0.3) is 0 Å². The fourth-order valence-electron chi connectivity index (χ4n) is 5.89. The van der Waals surface area contributed by atoms with E-state index in [4.69, 9.17) is 24.4 Å². The molecule has 0 spiro atoms. The first-order valence-electron chi connectivity index (χ1n) is 20.8. The lowest BCUT2D eigenvalue weighted by atomic mass is 10.1. The van der Waals surface area contributed by atoms with Crippen LogP contribution in [0.5, 0.6) is 0 Å². The van der Waals surface area contributed by atoms with Gasteiger partial charge in [0.15, 0.2) is 0 Å². The van der Waals surface area contributed by atoms with Crippen molar-refractivity contribution in [3.63, 3.8) is 0 Å². The molecule has 0 amide bonds. The summed E-state index contributed by atoms with van der Waals surface area (Å²) < 4.78 is 2.27. The van der Waals surface area contributed by atoms with Gasteiger partial charge in [-0.3, -0.25) is 0 Å². The molecular weight excluding hydrogens is 701 g/mol. The van der Waals surface area contributed by atoms with Crippen LogP contribution in [0.25, 0.3) is 0 Å². The summed E-state index contributed by atoms with van der Waals surface area (Å²) in [5, 5.41) is 0. The number of rotatable bonds is 37. The van der Waals surface area contributed by atoms with E-state index in [1.807, 2.05) is 43.2 Å². The predicted molar refractivity (Wildman–Crippen MR) is 240 cm³/mol. The lowest BCUT2D eigenvalue weighted by Gasteiger charge is -2.24. The van der Waals surface area contributed by atoms with Crippen LogP contribution in [0.1, 0.15) is 207 Å². The molecule has 0 radical (unpaired) electrons. The lowest BCUT2D eigenvalue weighted by molar-refractivity contribution is 0.395. The summed E-state index contributed by atoms with van der Waals surface area (Å²) in [5.41, 5.74) is 0. The van der Waals surface area contributed by atoms with Gasteiger partial charge in [-0.25, -0.2) is 0 Å². The highest BCUT2D eigenvalue weighted by Gasteiger charge is 2.12. The van der Waals surface area contributed by atoms with Crippen LogP contribution in [-0.2, 0) is 0 Å². The Morgan fingerprint density at radius 3 is 0.833 bits per heavy atom. The molecule has 0 N–H and O–H groups in total. The van der Waals surface area contributed by atoms with Gasteiger partial charge in [-0.05, 0) is 60.1 Å². The van der Waals surface area contributed by atoms with E-state index in [1.165, 1.54) is 191 Å². The minimum Gasteiger partial charge on any atom is -0.357 e. The summed E-state index contributed by atoms with van der Waals surface area (Å²) in [7, 11) is 7.73. The van der Waals surface area contributed by atoms with Crippen LogP contribution in [0.15, 0.2) is 0 Å². The largest absolute Gasteiger partial charge is 0.357 e. The predicted octanol–water partition coefficient (Wildman–Crippen LogP) is 15.9. The van der Waals surface area contributed by atoms with E-state index in [1.54, 1.807) is 0 Å². The Morgan fingerprint density at radius 2 is 0.562 bits per heavy atom. The second kappa shape index (κ2) is 40.9.